The molecule has 0 radical (unpaired) electrons. The molecule has 0 unspecified atom stereocenters. The highest BCUT2D eigenvalue weighted by Crippen LogP contribution is 2.32. The number of ether oxygens (including phenoxy) is 2. The molecular formula is C24H25N3O5. The Morgan fingerprint density at radius 2 is 1.94 bits per heavy atom. The number of hydrogen-bond donors (Lipinski definition) is 2. The summed E-state index contributed by atoms with van der Waals surface area (Å²) in [5.74, 6) is 0.569. The predicted molar refractivity (Wildman–Crippen MR) is 119 cm³/mol. The van der Waals surface area contributed by atoms with E-state index in [1.807, 2.05) is 36.5 Å². The molecule has 2 heterocycles. The van der Waals surface area contributed by atoms with Crippen molar-refractivity contribution in [3.05, 3.63) is 77.6 Å². The summed E-state index contributed by atoms with van der Waals surface area (Å²) in [6.07, 6.45) is 3.99. The van der Waals surface area contributed by atoms with Gasteiger partial charge in [-0.05, 0) is 24.1 Å². The van der Waals surface area contributed by atoms with Crippen LogP contribution in [0, 0.1) is 0 Å². The van der Waals surface area contributed by atoms with E-state index in [0.29, 0.717) is 37.0 Å². The molecule has 0 atom stereocenters. The summed E-state index contributed by atoms with van der Waals surface area (Å²) in [5, 5.41) is 10.3. The van der Waals surface area contributed by atoms with Crippen molar-refractivity contribution < 1.29 is 23.8 Å². The molecular weight excluding hydrogens is 410 g/mol. The van der Waals surface area contributed by atoms with Crippen LogP contribution in [-0.4, -0.2) is 46.7 Å². The van der Waals surface area contributed by atoms with Gasteiger partial charge < -0.3 is 24.0 Å². The molecule has 32 heavy (non-hydrogen) atoms. The lowest BCUT2D eigenvalue weighted by Gasteiger charge is -2.22. The van der Waals surface area contributed by atoms with Gasteiger partial charge in [0.15, 0.2) is 17.2 Å². The molecule has 4 rings (SSSR count). The van der Waals surface area contributed by atoms with Crippen molar-refractivity contribution >= 4 is 16.9 Å². The summed E-state index contributed by atoms with van der Waals surface area (Å²) in [6.45, 7) is 1.61. The lowest BCUT2D eigenvalue weighted by atomic mass is 10.1. The largest absolute Gasteiger partial charge is 0.493 e. The lowest BCUT2D eigenvalue weighted by Crippen LogP contribution is -2.26. The first-order chi connectivity index (χ1) is 15.6. The zero-order valence-electron chi connectivity index (χ0n) is 18.0. The van der Waals surface area contributed by atoms with Crippen LogP contribution in [0.1, 0.15) is 27.5 Å². The number of carboxylic acid groups (broad SMARTS) is 1. The molecule has 0 spiro atoms. The third-order valence-electron chi connectivity index (χ3n) is 5.38. The molecule has 0 aliphatic rings. The van der Waals surface area contributed by atoms with Crippen LogP contribution in [0.25, 0.3) is 10.9 Å². The number of hydrogen-bond acceptors (Lipinski definition) is 6. The number of benzene rings is 2. The van der Waals surface area contributed by atoms with Crippen molar-refractivity contribution in [2.24, 2.45) is 0 Å². The Balaban J connectivity index is 1.58. The maximum Gasteiger partial charge on any atom is 0.357 e. The van der Waals surface area contributed by atoms with Crippen LogP contribution in [0.15, 0.2) is 59.3 Å². The van der Waals surface area contributed by atoms with Crippen molar-refractivity contribution in [2.45, 2.75) is 19.5 Å². The number of aromatic amines is 1. The zero-order valence-corrected chi connectivity index (χ0v) is 18.0. The molecule has 2 aromatic carbocycles. The molecule has 4 aromatic rings. The smallest absolute Gasteiger partial charge is 0.357 e. The van der Waals surface area contributed by atoms with Crippen molar-refractivity contribution in [1.82, 2.24) is 14.9 Å². The molecule has 0 aliphatic carbocycles. The Kier molecular flexibility index (Phi) is 6.42. The summed E-state index contributed by atoms with van der Waals surface area (Å²) in [4.78, 5) is 20.7. The van der Waals surface area contributed by atoms with Gasteiger partial charge in [-0.1, -0.05) is 30.3 Å². The van der Waals surface area contributed by atoms with Crippen LogP contribution in [0.3, 0.4) is 0 Å². The van der Waals surface area contributed by atoms with E-state index in [0.717, 1.165) is 17.5 Å². The molecule has 0 fully saturated rings. The number of carboxylic acids is 1. The summed E-state index contributed by atoms with van der Waals surface area (Å²) in [7, 11) is 3.22. The number of carbonyl (C=O) groups is 1. The van der Waals surface area contributed by atoms with Crippen LogP contribution in [-0.2, 0) is 19.5 Å². The average Bonchev–Trinajstić information content (AvgIpc) is 3.44. The number of aromatic carboxylic acids is 1. The van der Waals surface area contributed by atoms with Gasteiger partial charge in [-0.3, -0.25) is 4.90 Å². The Bertz CT molecular complexity index is 1210. The number of para-hydroxylation sites is 2. The van der Waals surface area contributed by atoms with Crippen molar-refractivity contribution in [3.8, 4) is 11.5 Å². The second kappa shape index (κ2) is 9.57. The quantitative estimate of drug-likeness (QED) is 0.386. The van der Waals surface area contributed by atoms with Gasteiger partial charge in [-0.15, -0.1) is 0 Å². The monoisotopic (exact) mass is 435 g/mol. The van der Waals surface area contributed by atoms with Crippen LogP contribution in [0.4, 0.5) is 0 Å². The molecule has 8 nitrogen and oxygen atoms in total. The number of fused-ring (bicyclic) bond motifs is 1. The van der Waals surface area contributed by atoms with E-state index < -0.39 is 5.97 Å². The van der Waals surface area contributed by atoms with Crippen LogP contribution >= 0.6 is 0 Å². The fourth-order valence-electron chi connectivity index (χ4n) is 3.82. The first kappa shape index (κ1) is 21.5. The van der Waals surface area contributed by atoms with Gasteiger partial charge in [-0.25, -0.2) is 9.78 Å². The Labute approximate surface area is 185 Å². The predicted octanol–water partition coefficient (Wildman–Crippen LogP) is 4.12. The number of nitrogens with one attached hydrogen (secondary N) is 1. The van der Waals surface area contributed by atoms with E-state index in [4.69, 9.17) is 19.0 Å². The molecule has 2 N–H and O–H groups in total. The molecule has 0 amide bonds. The average molecular weight is 435 g/mol. The van der Waals surface area contributed by atoms with Gasteiger partial charge in [0, 0.05) is 35.8 Å². The van der Waals surface area contributed by atoms with Gasteiger partial charge in [0.1, 0.15) is 6.26 Å². The second-order valence-corrected chi connectivity index (χ2v) is 7.40. The lowest BCUT2D eigenvalue weighted by molar-refractivity contribution is 0.0690. The normalized spacial score (nSPS) is 11.2. The SMILES string of the molecule is COc1cccc(CN(CCc2c[nH]c3ccccc23)Cc2nc(C(=O)O)co2)c1OC. The van der Waals surface area contributed by atoms with E-state index in [1.54, 1.807) is 14.2 Å². The molecule has 166 valence electrons. The van der Waals surface area contributed by atoms with Gasteiger partial charge in [0.2, 0.25) is 5.89 Å². The molecule has 2 aromatic heterocycles. The Hall–Kier alpha value is -3.78. The highest BCUT2D eigenvalue weighted by molar-refractivity contribution is 5.84. The Morgan fingerprint density at radius 1 is 1.09 bits per heavy atom. The van der Waals surface area contributed by atoms with Gasteiger partial charge in [-0.2, -0.15) is 0 Å². The van der Waals surface area contributed by atoms with Crippen LogP contribution < -0.4 is 9.47 Å². The van der Waals surface area contributed by atoms with Gasteiger partial charge in [0.05, 0.1) is 20.8 Å². The molecule has 0 aliphatic heterocycles. The standard InChI is InChI=1S/C24H25N3O5/c1-30-21-9-5-6-17(23(21)31-2)13-27(14-22-26-20(15-32-22)24(28)29)11-10-16-12-25-19-8-4-3-7-18(16)19/h3-9,12,15,25H,10-11,13-14H2,1-2H3,(H,28,29). The number of aromatic nitrogens is 2. The minimum Gasteiger partial charge on any atom is -0.493 e. The summed E-state index contributed by atoms with van der Waals surface area (Å²) in [5.41, 5.74) is 3.16. The highest BCUT2D eigenvalue weighted by atomic mass is 16.5. The minimum atomic E-state index is -1.11. The van der Waals surface area contributed by atoms with E-state index in [2.05, 4.69) is 27.0 Å². The van der Waals surface area contributed by atoms with Crippen molar-refractivity contribution in [1.29, 1.82) is 0 Å². The number of nitrogens with zero attached hydrogens (tertiary/aromatic N) is 2. The number of rotatable bonds is 10. The third-order valence-corrected chi connectivity index (χ3v) is 5.38. The first-order valence-electron chi connectivity index (χ1n) is 10.2. The molecule has 8 heteroatoms. The molecule has 0 bridgehead atoms. The van der Waals surface area contributed by atoms with Crippen LogP contribution in [0.5, 0.6) is 11.5 Å². The van der Waals surface area contributed by atoms with Gasteiger partial charge >= 0.3 is 5.97 Å². The Morgan fingerprint density at radius 3 is 2.69 bits per heavy atom. The van der Waals surface area contributed by atoms with E-state index in [-0.39, 0.29) is 5.69 Å². The number of H-pyrrole nitrogens is 1. The summed E-state index contributed by atoms with van der Waals surface area (Å²) in [6, 6.07) is 13.9. The van der Waals surface area contributed by atoms with E-state index in [1.165, 1.54) is 17.2 Å². The van der Waals surface area contributed by atoms with Crippen LogP contribution in [0.2, 0.25) is 0 Å². The fraction of sp³-hybridized carbons (Fsp3) is 0.250. The zero-order chi connectivity index (χ0) is 22.5. The molecule has 0 saturated carbocycles. The highest BCUT2D eigenvalue weighted by Gasteiger charge is 2.18. The molecule has 0 saturated heterocycles. The fourth-order valence-corrected chi connectivity index (χ4v) is 3.82. The topological polar surface area (TPSA) is 101 Å². The number of methoxy groups -OCH3 is 2. The van der Waals surface area contributed by atoms with Gasteiger partial charge in [0.25, 0.3) is 0 Å². The maximum absolute atomic E-state index is 11.2. The summed E-state index contributed by atoms with van der Waals surface area (Å²) >= 11 is 0. The number of oxazole rings is 1. The minimum absolute atomic E-state index is 0.101. The summed E-state index contributed by atoms with van der Waals surface area (Å²) < 4.78 is 16.4. The first-order valence-corrected chi connectivity index (χ1v) is 10.2. The van der Waals surface area contributed by atoms with Crippen molar-refractivity contribution in [2.75, 3.05) is 20.8 Å². The second-order valence-electron chi connectivity index (χ2n) is 7.40. The third kappa shape index (κ3) is 4.60. The maximum atomic E-state index is 11.2. The van der Waals surface area contributed by atoms with Crippen molar-refractivity contribution in [3.63, 3.8) is 0 Å². The van der Waals surface area contributed by atoms with E-state index >= 15 is 0 Å². The van der Waals surface area contributed by atoms with E-state index in [9.17, 15) is 4.79 Å².